The van der Waals surface area contributed by atoms with E-state index < -0.39 is 0 Å². The van der Waals surface area contributed by atoms with Crippen LogP contribution in [0.25, 0.3) is 11.1 Å². The summed E-state index contributed by atoms with van der Waals surface area (Å²) in [6.45, 7) is 1.39. The molecule has 5 rings (SSSR count). The van der Waals surface area contributed by atoms with Crippen molar-refractivity contribution >= 4 is 5.69 Å². The summed E-state index contributed by atoms with van der Waals surface area (Å²) in [7, 11) is 1.90. The molecule has 170 valence electrons. The minimum atomic E-state index is -0.158. The topological polar surface area (TPSA) is 101 Å². The molecule has 8 heteroatoms. The summed E-state index contributed by atoms with van der Waals surface area (Å²) in [5.41, 5.74) is 5.79. The second-order valence-corrected chi connectivity index (χ2v) is 8.29. The quantitative estimate of drug-likeness (QED) is 0.444. The van der Waals surface area contributed by atoms with E-state index >= 15 is 0 Å². The third kappa shape index (κ3) is 4.75. The Balaban J connectivity index is 1.30. The first kappa shape index (κ1) is 21.6. The van der Waals surface area contributed by atoms with Crippen molar-refractivity contribution in [2.45, 2.75) is 18.6 Å². The molecule has 0 bridgehead atoms. The summed E-state index contributed by atoms with van der Waals surface area (Å²) in [5.74, 6) is 0.590. The van der Waals surface area contributed by atoms with Crippen LogP contribution in [0.1, 0.15) is 22.7 Å². The third-order valence-electron chi connectivity index (χ3n) is 5.92. The summed E-state index contributed by atoms with van der Waals surface area (Å²) in [4.78, 5) is 8.89. The Kier molecular flexibility index (Phi) is 6.19. The first-order valence-electron chi connectivity index (χ1n) is 11.2. The number of benzene rings is 1. The molecule has 3 aromatic heterocycles. The normalized spacial score (nSPS) is 15.5. The zero-order valence-corrected chi connectivity index (χ0v) is 18.8. The van der Waals surface area contributed by atoms with Gasteiger partial charge in [-0.3, -0.25) is 9.67 Å². The number of nitriles is 1. The smallest absolute Gasteiger partial charge is 0.237 e. The average molecular weight is 452 g/mol. The third-order valence-corrected chi connectivity index (χ3v) is 5.92. The lowest BCUT2D eigenvalue weighted by Crippen LogP contribution is -2.43. The van der Waals surface area contributed by atoms with Crippen LogP contribution in [0.2, 0.25) is 0 Å². The fraction of sp³-hybridized carbons (Fsp3) is 0.231. The van der Waals surface area contributed by atoms with Gasteiger partial charge in [0.25, 0.3) is 0 Å². The lowest BCUT2D eigenvalue weighted by Gasteiger charge is -2.33. The molecular formula is C26H25N7O. The molecule has 8 nitrogen and oxygen atoms in total. The van der Waals surface area contributed by atoms with E-state index in [-0.39, 0.29) is 12.1 Å². The molecule has 1 aliphatic heterocycles. The number of anilines is 1. The van der Waals surface area contributed by atoms with Crippen molar-refractivity contribution in [1.82, 2.24) is 25.1 Å². The van der Waals surface area contributed by atoms with Gasteiger partial charge in [-0.15, -0.1) is 0 Å². The summed E-state index contributed by atoms with van der Waals surface area (Å²) in [6, 6.07) is 15.8. The maximum Gasteiger partial charge on any atom is 0.237 e. The highest BCUT2D eigenvalue weighted by molar-refractivity contribution is 5.69. The lowest BCUT2D eigenvalue weighted by molar-refractivity contribution is 0.150. The Morgan fingerprint density at radius 1 is 1.21 bits per heavy atom. The number of aromatic nitrogens is 4. The molecule has 0 spiro atoms. The van der Waals surface area contributed by atoms with E-state index in [1.807, 2.05) is 68.2 Å². The fourth-order valence-corrected chi connectivity index (χ4v) is 4.12. The molecule has 0 amide bonds. The first-order valence-corrected chi connectivity index (χ1v) is 11.2. The average Bonchev–Trinajstić information content (AvgIpc) is 3.33. The maximum atomic E-state index is 8.99. The molecule has 1 aliphatic rings. The van der Waals surface area contributed by atoms with Gasteiger partial charge < -0.3 is 15.4 Å². The second kappa shape index (κ2) is 9.73. The Labute approximate surface area is 198 Å². The van der Waals surface area contributed by atoms with Gasteiger partial charge in [0.2, 0.25) is 5.88 Å². The van der Waals surface area contributed by atoms with Gasteiger partial charge in [-0.1, -0.05) is 18.2 Å². The van der Waals surface area contributed by atoms with Crippen LogP contribution >= 0.6 is 0 Å². The number of ether oxygens (including phenoxy) is 1. The molecule has 2 N–H and O–H groups in total. The van der Waals surface area contributed by atoms with Crippen LogP contribution in [-0.2, 0) is 13.5 Å². The highest BCUT2D eigenvalue weighted by atomic mass is 16.5. The summed E-state index contributed by atoms with van der Waals surface area (Å²) < 4.78 is 8.13. The minimum Gasteiger partial charge on any atom is -0.469 e. The number of nitrogens with one attached hydrogen (secondary N) is 2. The molecule has 0 radical (unpaired) electrons. The van der Waals surface area contributed by atoms with Crippen LogP contribution in [0.5, 0.6) is 5.88 Å². The van der Waals surface area contributed by atoms with Gasteiger partial charge in [0.1, 0.15) is 6.10 Å². The maximum absolute atomic E-state index is 8.99. The Bertz CT molecular complexity index is 1290. The van der Waals surface area contributed by atoms with E-state index in [1.54, 1.807) is 10.9 Å². The van der Waals surface area contributed by atoms with E-state index in [0.717, 1.165) is 35.3 Å². The van der Waals surface area contributed by atoms with Crippen molar-refractivity contribution in [3.05, 3.63) is 90.1 Å². The van der Waals surface area contributed by atoms with Gasteiger partial charge in [0.15, 0.2) is 0 Å². The van der Waals surface area contributed by atoms with Crippen molar-refractivity contribution in [2.24, 2.45) is 7.05 Å². The summed E-state index contributed by atoms with van der Waals surface area (Å²) in [5, 5.41) is 20.4. The SMILES string of the molecule is Cn1cc(-c2cnc3c(c2)NC[C@H](C(NCCc2ccc(C#N)cc2)c2cccnc2)O3)cn1. The molecule has 0 saturated heterocycles. The van der Waals surface area contributed by atoms with Gasteiger partial charge in [-0.25, -0.2) is 4.98 Å². The predicted octanol–water partition coefficient (Wildman–Crippen LogP) is 3.50. The number of hydrogen-bond acceptors (Lipinski definition) is 7. The lowest BCUT2D eigenvalue weighted by atomic mass is 10.0. The molecule has 0 fully saturated rings. The van der Waals surface area contributed by atoms with E-state index in [4.69, 9.17) is 10.00 Å². The van der Waals surface area contributed by atoms with Gasteiger partial charge in [-0.05, 0) is 48.4 Å². The van der Waals surface area contributed by atoms with Crippen molar-refractivity contribution in [2.75, 3.05) is 18.4 Å². The standard InChI is InChI=1S/C26H25N7O/c1-33-17-22(15-32-33)21-11-23-26(31-14-21)34-24(16-30-23)25(20-3-2-9-28-13-20)29-10-8-18-4-6-19(12-27)7-5-18/h2-7,9,11,13-15,17,24-25,29-30H,8,10,16H2,1H3/t24-,25?/m1/s1. The monoisotopic (exact) mass is 451 g/mol. The van der Waals surface area contributed by atoms with Crippen molar-refractivity contribution < 1.29 is 4.74 Å². The van der Waals surface area contributed by atoms with Crippen LogP contribution in [0.15, 0.2) is 73.4 Å². The largest absolute Gasteiger partial charge is 0.469 e. The van der Waals surface area contributed by atoms with Crippen LogP contribution < -0.4 is 15.4 Å². The number of aryl methyl sites for hydroxylation is 1. The molecule has 4 aromatic rings. The summed E-state index contributed by atoms with van der Waals surface area (Å²) >= 11 is 0. The molecule has 0 aliphatic carbocycles. The minimum absolute atomic E-state index is 0.0625. The van der Waals surface area contributed by atoms with Crippen LogP contribution in [0, 0.1) is 11.3 Å². The van der Waals surface area contributed by atoms with E-state index in [9.17, 15) is 0 Å². The number of rotatable bonds is 7. The van der Waals surface area contributed by atoms with Gasteiger partial charge in [-0.2, -0.15) is 10.4 Å². The van der Waals surface area contributed by atoms with Gasteiger partial charge >= 0.3 is 0 Å². The van der Waals surface area contributed by atoms with Crippen molar-refractivity contribution in [3.8, 4) is 23.1 Å². The fourth-order valence-electron chi connectivity index (χ4n) is 4.12. The molecular weight excluding hydrogens is 426 g/mol. The molecule has 1 aromatic carbocycles. The number of nitrogens with zero attached hydrogens (tertiary/aromatic N) is 5. The van der Waals surface area contributed by atoms with E-state index in [1.165, 1.54) is 5.56 Å². The molecule has 4 heterocycles. The zero-order valence-electron chi connectivity index (χ0n) is 18.8. The van der Waals surface area contributed by atoms with Crippen molar-refractivity contribution in [3.63, 3.8) is 0 Å². The van der Waals surface area contributed by atoms with Gasteiger partial charge in [0.05, 0.1) is 36.1 Å². The van der Waals surface area contributed by atoms with Gasteiger partial charge in [0, 0.05) is 43.0 Å². The zero-order chi connectivity index (χ0) is 23.3. The van der Waals surface area contributed by atoms with Crippen LogP contribution in [0.4, 0.5) is 5.69 Å². The molecule has 2 atom stereocenters. The Morgan fingerprint density at radius 2 is 2.09 bits per heavy atom. The van der Waals surface area contributed by atoms with Crippen molar-refractivity contribution in [1.29, 1.82) is 5.26 Å². The summed E-state index contributed by atoms with van der Waals surface area (Å²) in [6.07, 6.45) is 9.93. The first-order chi connectivity index (χ1) is 16.7. The van der Waals surface area contributed by atoms with Crippen LogP contribution in [0.3, 0.4) is 0 Å². The number of fused-ring (bicyclic) bond motifs is 1. The predicted molar refractivity (Wildman–Crippen MR) is 129 cm³/mol. The number of hydrogen-bond donors (Lipinski definition) is 2. The Hall–Kier alpha value is -4.22. The van der Waals surface area contributed by atoms with Crippen LogP contribution in [-0.4, -0.2) is 38.9 Å². The van der Waals surface area contributed by atoms with E-state index in [2.05, 4.69) is 37.8 Å². The second-order valence-electron chi connectivity index (χ2n) is 8.29. The van der Waals surface area contributed by atoms with E-state index in [0.29, 0.717) is 18.0 Å². The molecule has 0 saturated carbocycles. The highest BCUT2D eigenvalue weighted by Gasteiger charge is 2.30. The number of pyridine rings is 2. The Morgan fingerprint density at radius 3 is 2.82 bits per heavy atom. The molecule has 1 unspecified atom stereocenters. The molecule has 34 heavy (non-hydrogen) atoms. The highest BCUT2D eigenvalue weighted by Crippen LogP contribution is 2.33.